The van der Waals surface area contributed by atoms with Gasteiger partial charge in [0.1, 0.15) is 16.7 Å². The topological polar surface area (TPSA) is 78.1 Å². The molecule has 0 saturated heterocycles. The molecule has 0 bridgehead atoms. The van der Waals surface area contributed by atoms with E-state index in [1.807, 2.05) is 13.8 Å². The van der Waals surface area contributed by atoms with Crippen molar-refractivity contribution in [2.45, 2.75) is 19.8 Å². The average molecular weight is 230 g/mol. The predicted molar refractivity (Wildman–Crippen MR) is 56.9 cm³/mol. The second-order valence-corrected chi connectivity index (χ2v) is 3.65. The van der Waals surface area contributed by atoms with E-state index in [9.17, 15) is 4.79 Å². The highest BCUT2D eigenvalue weighted by atomic mass is 35.5. The summed E-state index contributed by atoms with van der Waals surface area (Å²) in [5, 5.41) is 0.0336. The van der Waals surface area contributed by atoms with E-state index in [2.05, 4.69) is 14.7 Å². The molecule has 5 nitrogen and oxygen atoms in total. The van der Waals surface area contributed by atoms with Crippen LogP contribution in [0.2, 0.25) is 5.02 Å². The molecule has 15 heavy (non-hydrogen) atoms. The summed E-state index contributed by atoms with van der Waals surface area (Å²) in [5.74, 6) is 0.0111. The molecule has 6 heteroatoms. The Labute approximate surface area is 92.6 Å². The molecule has 0 amide bonds. The van der Waals surface area contributed by atoms with E-state index in [0.29, 0.717) is 5.82 Å². The predicted octanol–water partition coefficient (Wildman–Crippen LogP) is 1.62. The maximum Gasteiger partial charge on any atom is 0.358 e. The molecule has 0 atom stereocenters. The van der Waals surface area contributed by atoms with Gasteiger partial charge in [-0.1, -0.05) is 25.4 Å². The van der Waals surface area contributed by atoms with Gasteiger partial charge in [-0.2, -0.15) is 0 Å². The standard InChI is InChI=1S/C9H12ClN3O2/c1-4(2)8-12-6(9(14)15-3)5(10)7(11)13-8/h4H,1-3H3,(H2,11,12,13). The molecule has 82 valence electrons. The van der Waals surface area contributed by atoms with Gasteiger partial charge < -0.3 is 10.5 Å². The van der Waals surface area contributed by atoms with Crippen molar-refractivity contribution in [3.05, 3.63) is 16.5 Å². The molecule has 1 rings (SSSR count). The van der Waals surface area contributed by atoms with Crippen molar-refractivity contribution in [3.63, 3.8) is 0 Å². The molecular weight excluding hydrogens is 218 g/mol. The first-order chi connectivity index (χ1) is 6.97. The zero-order valence-corrected chi connectivity index (χ0v) is 9.50. The number of ether oxygens (including phenoxy) is 1. The number of anilines is 1. The first-order valence-electron chi connectivity index (χ1n) is 4.38. The molecule has 0 aliphatic rings. The maximum absolute atomic E-state index is 11.3. The fourth-order valence-corrected chi connectivity index (χ4v) is 1.13. The van der Waals surface area contributed by atoms with Crippen molar-refractivity contribution in [3.8, 4) is 0 Å². The van der Waals surface area contributed by atoms with Gasteiger partial charge in [0, 0.05) is 5.92 Å². The smallest absolute Gasteiger partial charge is 0.358 e. The number of hydrogen-bond acceptors (Lipinski definition) is 5. The highest BCUT2D eigenvalue weighted by Crippen LogP contribution is 2.23. The number of nitrogens with two attached hydrogens (primary N) is 1. The van der Waals surface area contributed by atoms with Crippen LogP contribution in [0, 0.1) is 0 Å². The van der Waals surface area contributed by atoms with Gasteiger partial charge in [0.25, 0.3) is 0 Å². The Balaban J connectivity index is 3.31. The molecule has 0 spiro atoms. The fourth-order valence-electron chi connectivity index (χ4n) is 0.973. The van der Waals surface area contributed by atoms with Gasteiger partial charge in [0.05, 0.1) is 7.11 Å². The van der Waals surface area contributed by atoms with Gasteiger partial charge in [-0.15, -0.1) is 0 Å². The van der Waals surface area contributed by atoms with Crippen molar-refractivity contribution in [2.75, 3.05) is 12.8 Å². The summed E-state index contributed by atoms with van der Waals surface area (Å²) in [6.45, 7) is 3.79. The number of carbonyl (C=O) groups is 1. The van der Waals surface area contributed by atoms with Crippen LogP contribution < -0.4 is 5.73 Å². The van der Waals surface area contributed by atoms with Gasteiger partial charge in [-0.25, -0.2) is 14.8 Å². The molecule has 0 fully saturated rings. The Morgan fingerprint density at radius 1 is 1.47 bits per heavy atom. The minimum absolute atomic E-state index is 0.00960. The Hall–Kier alpha value is -1.36. The number of aromatic nitrogens is 2. The second-order valence-electron chi connectivity index (χ2n) is 3.28. The summed E-state index contributed by atoms with van der Waals surface area (Å²) in [6.07, 6.45) is 0. The second kappa shape index (κ2) is 4.44. The number of hydrogen-bond donors (Lipinski definition) is 1. The minimum Gasteiger partial charge on any atom is -0.464 e. The molecule has 2 N–H and O–H groups in total. The monoisotopic (exact) mass is 229 g/mol. The number of rotatable bonds is 2. The molecule has 1 heterocycles. The normalized spacial score (nSPS) is 10.5. The van der Waals surface area contributed by atoms with E-state index >= 15 is 0 Å². The van der Waals surface area contributed by atoms with Crippen molar-refractivity contribution in [1.29, 1.82) is 0 Å². The molecule has 0 aliphatic carbocycles. The SMILES string of the molecule is COC(=O)c1nc(C(C)C)nc(N)c1Cl. The van der Waals surface area contributed by atoms with Crippen LogP contribution in [0.1, 0.15) is 36.1 Å². The lowest BCUT2D eigenvalue weighted by molar-refractivity contribution is 0.0593. The molecule has 0 radical (unpaired) electrons. The van der Waals surface area contributed by atoms with Crippen LogP contribution in [-0.4, -0.2) is 23.0 Å². The van der Waals surface area contributed by atoms with Gasteiger partial charge in [-0.05, 0) is 0 Å². The zero-order valence-electron chi connectivity index (χ0n) is 8.74. The first-order valence-corrected chi connectivity index (χ1v) is 4.76. The van der Waals surface area contributed by atoms with E-state index in [1.54, 1.807) is 0 Å². The van der Waals surface area contributed by atoms with Gasteiger partial charge >= 0.3 is 5.97 Å². The molecule has 0 aromatic carbocycles. The maximum atomic E-state index is 11.3. The summed E-state index contributed by atoms with van der Waals surface area (Å²) < 4.78 is 4.54. The van der Waals surface area contributed by atoms with Gasteiger partial charge in [0.15, 0.2) is 5.69 Å². The quantitative estimate of drug-likeness (QED) is 0.780. The summed E-state index contributed by atoms with van der Waals surface area (Å²) in [5.41, 5.74) is 5.57. The van der Waals surface area contributed by atoms with Crippen molar-refractivity contribution in [1.82, 2.24) is 9.97 Å². The lowest BCUT2D eigenvalue weighted by Crippen LogP contribution is -2.12. The van der Waals surface area contributed by atoms with Crippen LogP contribution in [0.15, 0.2) is 0 Å². The number of methoxy groups -OCH3 is 1. The van der Waals surface area contributed by atoms with Crippen LogP contribution in [0.25, 0.3) is 0 Å². The van der Waals surface area contributed by atoms with Crippen LogP contribution in [-0.2, 0) is 4.74 Å². The van der Waals surface area contributed by atoms with Crippen molar-refractivity contribution < 1.29 is 9.53 Å². The van der Waals surface area contributed by atoms with E-state index in [1.165, 1.54) is 7.11 Å². The molecular formula is C9H12ClN3O2. The number of halogens is 1. The van der Waals surface area contributed by atoms with Gasteiger partial charge in [-0.3, -0.25) is 0 Å². The highest BCUT2D eigenvalue weighted by Gasteiger charge is 2.18. The summed E-state index contributed by atoms with van der Waals surface area (Å²) in [7, 11) is 1.26. The highest BCUT2D eigenvalue weighted by molar-refractivity contribution is 6.35. The summed E-state index contributed by atoms with van der Waals surface area (Å²) in [4.78, 5) is 19.3. The van der Waals surface area contributed by atoms with E-state index in [4.69, 9.17) is 17.3 Å². The van der Waals surface area contributed by atoms with E-state index in [-0.39, 0.29) is 22.5 Å². The van der Waals surface area contributed by atoms with Crippen LogP contribution in [0.3, 0.4) is 0 Å². The van der Waals surface area contributed by atoms with Crippen LogP contribution >= 0.6 is 11.6 Å². The Morgan fingerprint density at radius 3 is 2.53 bits per heavy atom. The number of carbonyl (C=O) groups excluding carboxylic acids is 1. The molecule has 0 unspecified atom stereocenters. The lowest BCUT2D eigenvalue weighted by Gasteiger charge is -2.08. The van der Waals surface area contributed by atoms with Crippen LogP contribution in [0.5, 0.6) is 0 Å². The van der Waals surface area contributed by atoms with Crippen LogP contribution in [0.4, 0.5) is 5.82 Å². The molecule has 0 saturated carbocycles. The van der Waals surface area contributed by atoms with E-state index in [0.717, 1.165) is 0 Å². The average Bonchev–Trinajstić information content (AvgIpc) is 2.20. The Bertz CT molecular complexity index is 393. The van der Waals surface area contributed by atoms with Gasteiger partial charge in [0.2, 0.25) is 0 Å². The van der Waals surface area contributed by atoms with E-state index < -0.39 is 5.97 Å². The number of esters is 1. The third kappa shape index (κ3) is 2.36. The summed E-state index contributed by atoms with van der Waals surface area (Å²) >= 11 is 5.79. The third-order valence-corrected chi connectivity index (χ3v) is 2.16. The minimum atomic E-state index is -0.615. The van der Waals surface area contributed by atoms with Crippen molar-refractivity contribution in [2.24, 2.45) is 0 Å². The Morgan fingerprint density at radius 2 is 2.07 bits per heavy atom. The lowest BCUT2D eigenvalue weighted by atomic mass is 10.2. The Kier molecular flexibility index (Phi) is 3.47. The largest absolute Gasteiger partial charge is 0.464 e. The third-order valence-electron chi connectivity index (χ3n) is 1.79. The number of nitrogens with zero attached hydrogens (tertiary/aromatic N) is 2. The molecule has 1 aromatic heterocycles. The zero-order chi connectivity index (χ0) is 11.6. The first kappa shape index (κ1) is 11.7. The fraction of sp³-hybridized carbons (Fsp3) is 0.444. The molecule has 1 aromatic rings. The molecule has 0 aliphatic heterocycles. The number of nitrogen functional groups attached to an aromatic ring is 1. The van der Waals surface area contributed by atoms with Crippen molar-refractivity contribution >= 4 is 23.4 Å². The summed E-state index contributed by atoms with van der Waals surface area (Å²) in [6, 6.07) is 0.